The molecule has 1 aliphatic carbocycles. The van der Waals surface area contributed by atoms with Crippen LogP contribution in [0.2, 0.25) is 0 Å². The summed E-state index contributed by atoms with van der Waals surface area (Å²) in [7, 11) is 0. The fourth-order valence-electron chi connectivity index (χ4n) is 2.81. The molecule has 0 nitrogen and oxygen atoms in total. The standard InChI is InChI=1S/C20H26/c1-13(2)16(6)17-7-9-18(10-8-17)20-12-15(5)11-19(20)14(3)4/h7-14,20H,6H2,1-5H3. The predicted octanol–water partition coefficient (Wildman–Crippen LogP) is 5.98. The van der Waals surface area contributed by atoms with Crippen LogP contribution < -0.4 is 0 Å². The summed E-state index contributed by atoms with van der Waals surface area (Å²) >= 11 is 0. The van der Waals surface area contributed by atoms with Gasteiger partial charge in [-0.2, -0.15) is 0 Å². The molecule has 0 aliphatic heterocycles. The highest BCUT2D eigenvalue weighted by Crippen LogP contribution is 2.37. The van der Waals surface area contributed by atoms with Crippen molar-refractivity contribution < 1.29 is 0 Å². The van der Waals surface area contributed by atoms with Gasteiger partial charge in [0.2, 0.25) is 0 Å². The van der Waals surface area contributed by atoms with Crippen LogP contribution in [0.1, 0.15) is 51.7 Å². The van der Waals surface area contributed by atoms with Crippen molar-refractivity contribution in [2.24, 2.45) is 11.8 Å². The van der Waals surface area contributed by atoms with E-state index in [1.807, 2.05) is 0 Å². The molecule has 0 bridgehead atoms. The first-order valence-corrected chi connectivity index (χ1v) is 7.59. The van der Waals surface area contributed by atoms with E-state index >= 15 is 0 Å². The molecule has 1 atom stereocenters. The molecular weight excluding hydrogens is 240 g/mol. The molecule has 0 heterocycles. The minimum Gasteiger partial charge on any atom is -0.0950 e. The smallest absolute Gasteiger partial charge is 0.0239 e. The third-order valence-electron chi connectivity index (χ3n) is 4.19. The van der Waals surface area contributed by atoms with Crippen LogP contribution in [-0.4, -0.2) is 0 Å². The Kier molecular flexibility index (Phi) is 4.32. The maximum absolute atomic E-state index is 4.18. The Bertz CT molecular complexity index is 550. The Hall–Kier alpha value is -1.56. The van der Waals surface area contributed by atoms with Crippen molar-refractivity contribution in [3.63, 3.8) is 0 Å². The number of hydrogen-bond acceptors (Lipinski definition) is 0. The number of rotatable bonds is 4. The molecule has 0 aromatic heterocycles. The Morgan fingerprint density at radius 2 is 1.65 bits per heavy atom. The first-order valence-electron chi connectivity index (χ1n) is 7.59. The molecule has 1 aromatic rings. The van der Waals surface area contributed by atoms with Crippen LogP contribution >= 0.6 is 0 Å². The number of hydrogen-bond donors (Lipinski definition) is 0. The highest BCUT2D eigenvalue weighted by molar-refractivity contribution is 5.65. The van der Waals surface area contributed by atoms with Crippen molar-refractivity contribution in [1.82, 2.24) is 0 Å². The SMILES string of the molecule is C=C(c1ccc(C2C=C(C)C=C2C(C)C)cc1)C(C)C. The van der Waals surface area contributed by atoms with Crippen LogP contribution in [0.15, 0.2) is 54.1 Å². The highest BCUT2D eigenvalue weighted by atomic mass is 14.3. The van der Waals surface area contributed by atoms with E-state index in [0.717, 1.165) is 0 Å². The first-order chi connectivity index (χ1) is 9.40. The summed E-state index contributed by atoms with van der Waals surface area (Å²) in [5.41, 5.74) is 6.78. The third kappa shape index (κ3) is 2.95. The topological polar surface area (TPSA) is 0 Å². The number of benzene rings is 1. The normalized spacial score (nSPS) is 18.4. The Morgan fingerprint density at radius 1 is 1.05 bits per heavy atom. The predicted molar refractivity (Wildman–Crippen MR) is 89.7 cm³/mol. The zero-order valence-electron chi connectivity index (χ0n) is 13.4. The van der Waals surface area contributed by atoms with Crippen LogP contribution in [-0.2, 0) is 0 Å². The Labute approximate surface area is 123 Å². The first kappa shape index (κ1) is 14.8. The van der Waals surface area contributed by atoms with Gasteiger partial charge in [0.25, 0.3) is 0 Å². The summed E-state index contributed by atoms with van der Waals surface area (Å²) in [5, 5.41) is 0. The lowest BCUT2D eigenvalue weighted by Gasteiger charge is -2.18. The van der Waals surface area contributed by atoms with E-state index in [-0.39, 0.29) is 0 Å². The second-order valence-corrected chi connectivity index (χ2v) is 6.49. The summed E-state index contributed by atoms with van der Waals surface area (Å²) < 4.78 is 0. The van der Waals surface area contributed by atoms with E-state index in [9.17, 15) is 0 Å². The number of allylic oxidation sites excluding steroid dienone is 5. The van der Waals surface area contributed by atoms with E-state index in [2.05, 4.69) is 77.6 Å². The molecule has 1 unspecified atom stereocenters. The summed E-state index contributed by atoms with van der Waals surface area (Å²) in [6.45, 7) is 15.3. The zero-order chi connectivity index (χ0) is 14.9. The van der Waals surface area contributed by atoms with Gasteiger partial charge in [0.05, 0.1) is 0 Å². The van der Waals surface area contributed by atoms with Crippen molar-refractivity contribution in [3.8, 4) is 0 Å². The van der Waals surface area contributed by atoms with Crippen LogP contribution in [0.3, 0.4) is 0 Å². The lowest BCUT2D eigenvalue weighted by atomic mass is 9.86. The molecule has 1 aliphatic rings. The maximum Gasteiger partial charge on any atom is 0.0239 e. The lowest BCUT2D eigenvalue weighted by Crippen LogP contribution is -2.03. The van der Waals surface area contributed by atoms with E-state index in [1.165, 1.54) is 27.8 Å². The third-order valence-corrected chi connectivity index (χ3v) is 4.19. The highest BCUT2D eigenvalue weighted by Gasteiger charge is 2.21. The van der Waals surface area contributed by atoms with Gasteiger partial charge in [0.1, 0.15) is 0 Å². The van der Waals surface area contributed by atoms with E-state index in [0.29, 0.717) is 17.8 Å². The second-order valence-electron chi connectivity index (χ2n) is 6.49. The minimum atomic E-state index is 0.455. The second kappa shape index (κ2) is 5.83. The maximum atomic E-state index is 4.18. The van der Waals surface area contributed by atoms with Gasteiger partial charge < -0.3 is 0 Å². The van der Waals surface area contributed by atoms with Gasteiger partial charge >= 0.3 is 0 Å². The molecule has 20 heavy (non-hydrogen) atoms. The largest absolute Gasteiger partial charge is 0.0950 e. The monoisotopic (exact) mass is 266 g/mol. The quantitative estimate of drug-likeness (QED) is 0.628. The van der Waals surface area contributed by atoms with Crippen molar-refractivity contribution in [2.75, 3.05) is 0 Å². The molecule has 1 aromatic carbocycles. The average Bonchev–Trinajstić information content (AvgIpc) is 2.80. The molecule has 0 amide bonds. The van der Waals surface area contributed by atoms with Gasteiger partial charge in [0, 0.05) is 5.92 Å². The van der Waals surface area contributed by atoms with Crippen molar-refractivity contribution in [2.45, 2.75) is 40.5 Å². The van der Waals surface area contributed by atoms with Crippen molar-refractivity contribution >= 4 is 5.57 Å². The lowest BCUT2D eigenvalue weighted by molar-refractivity contribution is 0.717. The van der Waals surface area contributed by atoms with Gasteiger partial charge in [-0.15, -0.1) is 0 Å². The minimum absolute atomic E-state index is 0.455. The fraction of sp³-hybridized carbons (Fsp3) is 0.400. The van der Waals surface area contributed by atoms with Crippen LogP contribution in [0.4, 0.5) is 0 Å². The molecule has 2 rings (SSSR count). The average molecular weight is 266 g/mol. The van der Waals surface area contributed by atoms with Crippen LogP contribution in [0.5, 0.6) is 0 Å². The molecule has 0 heteroatoms. The van der Waals surface area contributed by atoms with Gasteiger partial charge in [-0.05, 0) is 35.5 Å². The van der Waals surface area contributed by atoms with Crippen molar-refractivity contribution in [1.29, 1.82) is 0 Å². The summed E-state index contributed by atoms with van der Waals surface area (Å²) in [6.07, 6.45) is 4.72. The van der Waals surface area contributed by atoms with E-state index < -0.39 is 0 Å². The fourth-order valence-corrected chi connectivity index (χ4v) is 2.81. The molecule has 0 saturated carbocycles. The molecule has 0 N–H and O–H groups in total. The molecule has 0 radical (unpaired) electrons. The van der Waals surface area contributed by atoms with Gasteiger partial charge in [-0.25, -0.2) is 0 Å². The molecule has 0 saturated heterocycles. The van der Waals surface area contributed by atoms with E-state index in [4.69, 9.17) is 0 Å². The zero-order valence-corrected chi connectivity index (χ0v) is 13.4. The summed E-state index contributed by atoms with van der Waals surface area (Å²) in [5.74, 6) is 1.55. The molecule has 106 valence electrons. The summed E-state index contributed by atoms with van der Waals surface area (Å²) in [4.78, 5) is 0. The van der Waals surface area contributed by atoms with Crippen LogP contribution in [0.25, 0.3) is 5.57 Å². The Morgan fingerprint density at radius 3 is 2.15 bits per heavy atom. The van der Waals surface area contributed by atoms with E-state index in [1.54, 1.807) is 0 Å². The van der Waals surface area contributed by atoms with Crippen LogP contribution in [0, 0.1) is 11.8 Å². The Balaban J connectivity index is 2.27. The molecule has 0 fully saturated rings. The molecular formula is C20H26. The van der Waals surface area contributed by atoms with Gasteiger partial charge in [-0.3, -0.25) is 0 Å². The molecule has 0 spiro atoms. The van der Waals surface area contributed by atoms with Crippen molar-refractivity contribution in [3.05, 3.63) is 65.3 Å². The summed E-state index contributed by atoms with van der Waals surface area (Å²) in [6, 6.07) is 8.96. The van der Waals surface area contributed by atoms with Gasteiger partial charge in [0.15, 0.2) is 0 Å². The van der Waals surface area contributed by atoms with Gasteiger partial charge in [-0.1, -0.05) is 81.8 Å².